The van der Waals surface area contributed by atoms with E-state index in [1.165, 1.54) is 0 Å². The number of nitrogens with one attached hydrogen (secondary N) is 1. The van der Waals surface area contributed by atoms with Gasteiger partial charge in [0.05, 0.1) is 10.5 Å². The molecule has 4 rings (SSSR count). The van der Waals surface area contributed by atoms with Crippen LogP contribution in [0.2, 0.25) is 5.02 Å². The molecule has 1 aliphatic rings. The molecule has 9 heteroatoms. The summed E-state index contributed by atoms with van der Waals surface area (Å²) in [4.78, 5) is 31.9. The largest absolute Gasteiger partial charge is 0.444 e. The number of carbonyl (C=O) groups excluding carboxylic acids is 2. The van der Waals surface area contributed by atoms with Crippen molar-refractivity contribution in [3.8, 4) is 11.1 Å². The maximum Gasteiger partial charge on any atom is 0.410 e. The van der Waals surface area contributed by atoms with Gasteiger partial charge in [-0.3, -0.25) is 9.89 Å². The molecule has 2 aromatic heterocycles. The van der Waals surface area contributed by atoms with Gasteiger partial charge < -0.3 is 14.5 Å². The van der Waals surface area contributed by atoms with Crippen LogP contribution in [0.1, 0.15) is 31.3 Å². The normalized spacial score (nSPS) is 14.7. The second-order valence-corrected chi connectivity index (χ2v) is 8.87. The predicted octanol–water partition coefficient (Wildman–Crippen LogP) is 4.15. The van der Waals surface area contributed by atoms with E-state index in [1.807, 2.05) is 39.0 Å². The van der Waals surface area contributed by atoms with E-state index in [0.717, 1.165) is 28.6 Å². The lowest BCUT2D eigenvalue weighted by Gasteiger charge is -2.36. The van der Waals surface area contributed by atoms with Gasteiger partial charge in [0.15, 0.2) is 6.29 Å². The number of pyridine rings is 1. The summed E-state index contributed by atoms with van der Waals surface area (Å²) in [5.41, 5.74) is 2.19. The topological polar surface area (TPSA) is 91.4 Å². The second-order valence-electron chi connectivity index (χ2n) is 8.46. The number of piperazine rings is 1. The summed E-state index contributed by atoms with van der Waals surface area (Å²) in [6, 6.07) is 7.48. The van der Waals surface area contributed by atoms with Gasteiger partial charge in [0.25, 0.3) is 0 Å². The third-order valence-electron chi connectivity index (χ3n) is 5.10. The van der Waals surface area contributed by atoms with Crippen molar-refractivity contribution in [2.45, 2.75) is 26.4 Å². The summed E-state index contributed by atoms with van der Waals surface area (Å²) in [6.07, 6.45) is 2.23. The van der Waals surface area contributed by atoms with E-state index in [2.05, 4.69) is 20.1 Å². The van der Waals surface area contributed by atoms with Crippen LogP contribution in [0.4, 0.5) is 10.6 Å². The second kappa shape index (κ2) is 8.19. The molecule has 0 aliphatic carbocycles. The number of anilines is 1. The molecule has 1 saturated heterocycles. The smallest absolute Gasteiger partial charge is 0.410 e. The molecule has 0 atom stereocenters. The Bertz CT molecular complexity index is 1110. The maximum absolute atomic E-state index is 12.2. The summed E-state index contributed by atoms with van der Waals surface area (Å²) >= 11 is 6.44. The van der Waals surface area contributed by atoms with Crippen molar-refractivity contribution in [3.05, 3.63) is 41.2 Å². The van der Waals surface area contributed by atoms with Gasteiger partial charge in [-0.2, -0.15) is 5.10 Å². The molecule has 1 N–H and O–H groups in total. The number of hydrogen-bond donors (Lipinski definition) is 1. The highest BCUT2D eigenvalue weighted by Gasteiger charge is 2.26. The van der Waals surface area contributed by atoms with Gasteiger partial charge in [0, 0.05) is 48.9 Å². The van der Waals surface area contributed by atoms with Crippen molar-refractivity contribution in [3.63, 3.8) is 0 Å². The number of benzene rings is 1. The fourth-order valence-corrected chi connectivity index (χ4v) is 3.81. The van der Waals surface area contributed by atoms with Crippen molar-refractivity contribution in [2.75, 3.05) is 31.1 Å². The molecule has 31 heavy (non-hydrogen) atoms. The molecule has 162 valence electrons. The number of aromatic nitrogens is 3. The highest BCUT2D eigenvalue weighted by molar-refractivity contribution is 6.34. The van der Waals surface area contributed by atoms with Gasteiger partial charge in [0.1, 0.15) is 17.1 Å². The Labute approximate surface area is 185 Å². The highest BCUT2D eigenvalue weighted by Crippen LogP contribution is 2.33. The Hall–Kier alpha value is -3.13. The first-order chi connectivity index (χ1) is 14.7. The molecule has 3 heterocycles. The van der Waals surface area contributed by atoms with E-state index in [-0.39, 0.29) is 6.09 Å². The summed E-state index contributed by atoms with van der Waals surface area (Å²) < 4.78 is 5.45. The SMILES string of the molecule is CC(C)(C)OC(=O)N1CCN(c2ccc(-c3cc4c(C=O)[nH]nc4cc3Cl)cn2)CC1. The highest BCUT2D eigenvalue weighted by atomic mass is 35.5. The number of rotatable bonds is 3. The van der Waals surface area contributed by atoms with Gasteiger partial charge in [-0.1, -0.05) is 11.6 Å². The molecule has 0 unspecified atom stereocenters. The van der Waals surface area contributed by atoms with Crippen molar-refractivity contribution in [1.82, 2.24) is 20.1 Å². The van der Waals surface area contributed by atoms with E-state index in [0.29, 0.717) is 42.4 Å². The minimum Gasteiger partial charge on any atom is -0.444 e. The van der Waals surface area contributed by atoms with E-state index in [9.17, 15) is 9.59 Å². The fourth-order valence-electron chi connectivity index (χ4n) is 3.54. The third-order valence-corrected chi connectivity index (χ3v) is 5.42. The van der Waals surface area contributed by atoms with Crippen LogP contribution in [0.5, 0.6) is 0 Å². The van der Waals surface area contributed by atoms with Crippen LogP contribution in [0, 0.1) is 0 Å². The first-order valence-electron chi connectivity index (χ1n) is 10.1. The Morgan fingerprint density at radius 1 is 1.19 bits per heavy atom. The molecule has 0 saturated carbocycles. The number of aldehydes is 1. The zero-order valence-corrected chi connectivity index (χ0v) is 18.4. The molecule has 8 nitrogen and oxygen atoms in total. The Morgan fingerprint density at radius 3 is 2.55 bits per heavy atom. The molecule has 1 amide bonds. The summed E-state index contributed by atoms with van der Waals surface area (Å²) in [5, 5.41) is 8.07. The number of fused-ring (bicyclic) bond motifs is 1. The van der Waals surface area contributed by atoms with Crippen molar-refractivity contribution in [2.24, 2.45) is 0 Å². The van der Waals surface area contributed by atoms with Crippen molar-refractivity contribution in [1.29, 1.82) is 0 Å². The Balaban J connectivity index is 1.47. The summed E-state index contributed by atoms with van der Waals surface area (Å²) in [6.45, 7) is 8.10. The van der Waals surface area contributed by atoms with Crippen LogP contribution < -0.4 is 4.90 Å². The average molecular weight is 442 g/mol. The summed E-state index contributed by atoms with van der Waals surface area (Å²) in [7, 11) is 0. The van der Waals surface area contributed by atoms with Gasteiger partial charge in [-0.15, -0.1) is 0 Å². The Morgan fingerprint density at radius 2 is 1.94 bits per heavy atom. The van der Waals surface area contributed by atoms with Crippen LogP contribution in [0.3, 0.4) is 0 Å². The Kier molecular flexibility index (Phi) is 5.58. The zero-order valence-electron chi connectivity index (χ0n) is 17.7. The number of H-pyrrole nitrogens is 1. The third kappa shape index (κ3) is 4.49. The lowest BCUT2D eigenvalue weighted by Crippen LogP contribution is -2.50. The lowest BCUT2D eigenvalue weighted by molar-refractivity contribution is 0.0240. The van der Waals surface area contributed by atoms with Gasteiger partial charge in [-0.05, 0) is 45.0 Å². The number of nitrogens with zero attached hydrogens (tertiary/aromatic N) is 4. The number of carbonyl (C=O) groups is 2. The molecular formula is C22H24ClN5O3. The molecular weight excluding hydrogens is 418 g/mol. The predicted molar refractivity (Wildman–Crippen MR) is 120 cm³/mol. The quantitative estimate of drug-likeness (QED) is 0.614. The van der Waals surface area contributed by atoms with Gasteiger partial charge in [0.2, 0.25) is 0 Å². The zero-order chi connectivity index (χ0) is 22.2. The van der Waals surface area contributed by atoms with Crippen LogP contribution in [-0.2, 0) is 4.74 Å². The minimum atomic E-state index is -0.501. The number of aromatic amines is 1. The van der Waals surface area contributed by atoms with E-state index in [4.69, 9.17) is 16.3 Å². The standard InChI is InChI=1S/C22H24ClN5O3/c1-22(2,3)31-21(30)28-8-6-27(7-9-28)20-5-4-14(12-24-20)15-10-16-18(11-17(15)23)25-26-19(16)13-29/h4-5,10-13H,6-9H2,1-3H3,(H,25,26). The van der Waals surface area contributed by atoms with Crippen LogP contribution >= 0.6 is 11.6 Å². The maximum atomic E-state index is 12.2. The molecule has 3 aromatic rings. The van der Waals surface area contributed by atoms with E-state index >= 15 is 0 Å². The molecule has 1 fully saturated rings. The van der Waals surface area contributed by atoms with Crippen LogP contribution in [-0.4, -0.2) is 64.2 Å². The summed E-state index contributed by atoms with van der Waals surface area (Å²) in [5.74, 6) is 0.835. The number of halogens is 1. The van der Waals surface area contributed by atoms with Crippen molar-refractivity contribution >= 4 is 40.7 Å². The molecule has 0 radical (unpaired) electrons. The van der Waals surface area contributed by atoms with Crippen molar-refractivity contribution < 1.29 is 14.3 Å². The lowest BCUT2D eigenvalue weighted by atomic mass is 10.0. The van der Waals surface area contributed by atoms with Gasteiger partial charge >= 0.3 is 6.09 Å². The fraction of sp³-hybridized carbons (Fsp3) is 0.364. The van der Waals surface area contributed by atoms with Crippen LogP contribution in [0.15, 0.2) is 30.5 Å². The number of ether oxygens (including phenoxy) is 1. The first-order valence-corrected chi connectivity index (χ1v) is 10.4. The van der Waals surface area contributed by atoms with E-state index in [1.54, 1.807) is 17.2 Å². The number of hydrogen-bond acceptors (Lipinski definition) is 6. The average Bonchev–Trinajstić information content (AvgIpc) is 3.14. The van der Waals surface area contributed by atoms with E-state index < -0.39 is 5.60 Å². The molecule has 1 aliphatic heterocycles. The van der Waals surface area contributed by atoms with Gasteiger partial charge in [-0.25, -0.2) is 9.78 Å². The van der Waals surface area contributed by atoms with Crippen LogP contribution in [0.25, 0.3) is 22.0 Å². The molecule has 0 spiro atoms. The first kappa shape index (κ1) is 21.1. The number of amides is 1. The molecule has 0 bridgehead atoms. The monoisotopic (exact) mass is 441 g/mol. The molecule has 1 aromatic carbocycles. The minimum absolute atomic E-state index is 0.283.